The molecule has 1 heterocycles. The summed E-state index contributed by atoms with van der Waals surface area (Å²) in [5.41, 5.74) is 3.42. The summed E-state index contributed by atoms with van der Waals surface area (Å²) in [4.78, 5) is 0. The molecule has 3 aromatic carbocycles. The Morgan fingerprint density at radius 3 is 1.70 bits per heavy atom. The molecule has 0 radical (unpaired) electrons. The fourth-order valence-corrected chi connectivity index (χ4v) is 3.56. The third-order valence-electron chi connectivity index (χ3n) is 5.19. The van der Waals surface area contributed by atoms with Crippen LogP contribution in [0.25, 0.3) is 0 Å². The van der Waals surface area contributed by atoms with Crippen molar-refractivity contribution in [2.75, 3.05) is 13.2 Å². The van der Waals surface area contributed by atoms with Gasteiger partial charge in [-0.05, 0) is 16.7 Å². The van der Waals surface area contributed by atoms with E-state index in [0.717, 1.165) is 16.7 Å². The zero-order chi connectivity index (χ0) is 20.4. The van der Waals surface area contributed by atoms with Gasteiger partial charge in [0.05, 0.1) is 33.0 Å². The van der Waals surface area contributed by atoms with Crippen LogP contribution in [0, 0.1) is 0 Å². The Balaban J connectivity index is 1.35. The third-order valence-corrected chi connectivity index (χ3v) is 5.19. The van der Waals surface area contributed by atoms with Gasteiger partial charge in [0.15, 0.2) is 0 Å². The SMILES string of the molecule is c1ccc(COC[C@H]2OC[C@@H](OCc3ccccc3)[C@@H]2OCc2ccccc2)cc1. The summed E-state index contributed by atoms with van der Waals surface area (Å²) in [6.07, 6.45) is -0.456. The summed E-state index contributed by atoms with van der Waals surface area (Å²) in [6, 6.07) is 30.5. The van der Waals surface area contributed by atoms with E-state index < -0.39 is 0 Å². The van der Waals surface area contributed by atoms with Crippen molar-refractivity contribution in [2.24, 2.45) is 0 Å². The number of benzene rings is 3. The molecule has 4 nitrogen and oxygen atoms in total. The van der Waals surface area contributed by atoms with Crippen molar-refractivity contribution in [1.29, 1.82) is 0 Å². The third kappa shape index (κ3) is 6.00. The zero-order valence-corrected chi connectivity index (χ0v) is 17.1. The lowest BCUT2D eigenvalue weighted by atomic mass is 10.1. The molecule has 1 aliphatic heterocycles. The highest BCUT2D eigenvalue weighted by atomic mass is 16.6. The first-order valence-corrected chi connectivity index (χ1v) is 10.4. The number of ether oxygens (including phenoxy) is 4. The fraction of sp³-hybridized carbons (Fsp3) is 0.308. The van der Waals surface area contributed by atoms with Gasteiger partial charge in [-0.1, -0.05) is 91.0 Å². The van der Waals surface area contributed by atoms with Crippen LogP contribution >= 0.6 is 0 Å². The van der Waals surface area contributed by atoms with Crippen molar-refractivity contribution < 1.29 is 18.9 Å². The van der Waals surface area contributed by atoms with Gasteiger partial charge in [0.2, 0.25) is 0 Å². The van der Waals surface area contributed by atoms with E-state index in [2.05, 4.69) is 36.4 Å². The lowest BCUT2D eigenvalue weighted by Gasteiger charge is -2.24. The molecule has 0 amide bonds. The molecule has 0 aliphatic carbocycles. The van der Waals surface area contributed by atoms with Crippen LogP contribution in [0.2, 0.25) is 0 Å². The normalized spacial score (nSPS) is 21.0. The topological polar surface area (TPSA) is 36.9 Å². The van der Waals surface area contributed by atoms with Crippen LogP contribution in [0.4, 0.5) is 0 Å². The van der Waals surface area contributed by atoms with Gasteiger partial charge in [0.1, 0.15) is 18.3 Å². The highest BCUT2D eigenvalue weighted by Crippen LogP contribution is 2.24. The zero-order valence-electron chi connectivity index (χ0n) is 17.1. The minimum Gasteiger partial charge on any atom is -0.374 e. The first-order valence-electron chi connectivity index (χ1n) is 10.4. The van der Waals surface area contributed by atoms with Crippen molar-refractivity contribution in [3.05, 3.63) is 108 Å². The lowest BCUT2D eigenvalue weighted by molar-refractivity contribution is -0.0895. The van der Waals surface area contributed by atoms with E-state index in [4.69, 9.17) is 18.9 Å². The minimum atomic E-state index is -0.176. The van der Waals surface area contributed by atoms with Crippen LogP contribution < -0.4 is 0 Å². The summed E-state index contributed by atoms with van der Waals surface area (Å²) >= 11 is 0. The Kier molecular flexibility index (Phi) is 7.64. The monoisotopic (exact) mass is 404 g/mol. The lowest BCUT2D eigenvalue weighted by Crippen LogP contribution is -2.37. The van der Waals surface area contributed by atoms with Crippen LogP contribution in [-0.4, -0.2) is 31.5 Å². The van der Waals surface area contributed by atoms with Crippen molar-refractivity contribution in [3.63, 3.8) is 0 Å². The minimum absolute atomic E-state index is 0.126. The number of rotatable bonds is 10. The van der Waals surface area contributed by atoms with Crippen molar-refractivity contribution >= 4 is 0 Å². The van der Waals surface area contributed by atoms with E-state index in [-0.39, 0.29) is 18.3 Å². The molecule has 3 aromatic rings. The molecule has 0 saturated carbocycles. The van der Waals surface area contributed by atoms with Gasteiger partial charge in [0, 0.05) is 0 Å². The van der Waals surface area contributed by atoms with E-state index in [1.165, 1.54) is 0 Å². The average molecular weight is 405 g/mol. The van der Waals surface area contributed by atoms with Crippen molar-refractivity contribution in [1.82, 2.24) is 0 Å². The van der Waals surface area contributed by atoms with Crippen LogP contribution in [-0.2, 0) is 38.8 Å². The summed E-state index contributed by atoms with van der Waals surface area (Å²) in [7, 11) is 0. The smallest absolute Gasteiger partial charge is 0.115 e. The van der Waals surface area contributed by atoms with E-state index >= 15 is 0 Å². The number of hydrogen-bond acceptors (Lipinski definition) is 4. The Morgan fingerprint density at radius 2 is 1.13 bits per heavy atom. The summed E-state index contributed by atoms with van der Waals surface area (Å²) in [5, 5.41) is 0. The first-order chi connectivity index (χ1) is 14.9. The predicted molar refractivity (Wildman–Crippen MR) is 116 cm³/mol. The van der Waals surface area contributed by atoms with Crippen molar-refractivity contribution in [3.8, 4) is 0 Å². The molecule has 1 aliphatic rings. The second kappa shape index (κ2) is 11.0. The Bertz CT molecular complexity index is 854. The summed E-state index contributed by atoms with van der Waals surface area (Å²) < 4.78 is 24.4. The molecule has 4 heteroatoms. The highest BCUT2D eigenvalue weighted by Gasteiger charge is 2.39. The standard InChI is InChI=1S/C26H28O4/c1-4-10-21(11-5-1)16-27-19-24-26(30-18-23-14-8-3-9-15-23)25(20-29-24)28-17-22-12-6-2-7-13-22/h1-15,24-26H,16-20H2/t24-,25-,26-/m1/s1. The van der Waals surface area contributed by atoms with E-state index in [9.17, 15) is 0 Å². The van der Waals surface area contributed by atoms with Crippen LogP contribution in [0.15, 0.2) is 91.0 Å². The molecule has 4 rings (SSSR count). The number of hydrogen-bond donors (Lipinski definition) is 0. The van der Waals surface area contributed by atoms with Gasteiger partial charge in [-0.3, -0.25) is 0 Å². The first kappa shape index (κ1) is 20.8. The van der Waals surface area contributed by atoms with Gasteiger partial charge in [-0.2, -0.15) is 0 Å². The van der Waals surface area contributed by atoms with Gasteiger partial charge in [-0.25, -0.2) is 0 Å². The van der Waals surface area contributed by atoms with Gasteiger partial charge in [-0.15, -0.1) is 0 Å². The largest absolute Gasteiger partial charge is 0.374 e. The average Bonchev–Trinajstić information content (AvgIpc) is 3.20. The molecule has 30 heavy (non-hydrogen) atoms. The van der Waals surface area contributed by atoms with E-state index in [1.54, 1.807) is 0 Å². The molecule has 0 N–H and O–H groups in total. The van der Waals surface area contributed by atoms with Crippen LogP contribution in [0.5, 0.6) is 0 Å². The van der Waals surface area contributed by atoms with Gasteiger partial charge >= 0.3 is 0 Å². The van der Waals surface area contributed by atoms with Gasteiger partial charge in [0.25, 0.3) is 0 Å². The molecule has 0 bridgehead atoms. The molecule has 3 atom stereocenters. The summed E-state index contributed by atoms with van der Waals surface area (Å²) in [6.45, 7) is 2.60. The predicted octanol–water partition coefficient (Wildman–Crippen LogP) is 4.77. The molecular formula is C26H28O4. The molecule has 1 saturated heterocycles. The van der Waals surface area contributed by atoms with Gasteiger partial charge < -0.3 is 18.9 Å². The fourth-order valence-electron chi connectivity index (χ4n) is 3.56. The second-order valence-electron chi connectivity index (χ2n) is 7.47. The molecule has 0 aromatic heterocycles. The molecule has 0 unspecified atom stereocenters. The van der Waals surface area contributed by atoms with E-state index in [0.29, 0.717) is 33.0 Å². The van der Waals surface area contributed by atoms with Crippen LogP contribution in [0.3, 0.4) is 0 Å². The molecule has 0 spiro atoms. The molecule has 1 fully saturated rings. The van der Waals surface area contributed by atoms with E-state index in [1.807, 2.05) is 54.6 Å². The maximum Gasteiger partial charge on any atom is 0.115 e. The maximum absolute atomic E-state index is 6.28. The highest BCUT2D eigenvalue weighted by molar-refractivity contribution is 5.15. The quantitative estimate of drug-likeness (QED) is 0.488. The second-order valence-corrected chi connectivity index (χ2v) is 7.47. The Morgan fingerprint density at radius 1 is 0.633 bits per heavy atom. The summed E-state index contributed by atoms with van der Waals surface area (Å²) in [5.74, 6) is 0. The Labute approximate surface area is 178 Å². The Hall–Kier alpha value is -2.50. The molecular weight excluding hydrogens is 376 g/mol. The molecule has 156 valence electrons. The van der Waals surface area contributed by atoms with Crippen molar-refractivity contribution in [2.45, 2.75) is 38.1 Å². The maximum atomic E-state index is 6.28. The van der Waals surface area contributed by atoms with Crippen LogP contribution in [0.1, 0.15) is 16.7 Å².